The Labute approximate surface area is 157 Å². The van der Waals surface area contributed by atoms with E-state index in [0.29, 0.717) is 5.75 Å². The molecule has 1 aliphatic rings. The second kappa shape index (κ2) is 7.29. The van der Waals surface area contributed by atoms with Crippen LogP contribution in [0.3, 0.4) is 0 Å². The van der Waals surface area contributed by atoms with Crippen LogP contribution in [0.5, 0.6) is 0 Å². The molecule has 0 amide bonds. The Kier molecular flexibility index (Phi) is 4.87. The van der Waals surface area contributed by atoms with E-state index in [1.807, 2.05) is 43.3 Å². The van der Waals surface area contributed by atoms with Gasteiger partial charge in [0.25, 0.3) is 0 Å². The number of rotatable bonds is 5. The molecule has 3 aromatic rings. The second-order valence-electron chi connectivity index (χ2n) is 6.94. The molecule has 1 N–H and O–H groups in total. The molecule has 0 unspecified atom stereocenters. The van der Waals surface area contributed by atoms with Crippen molar-refractivity contribution >= 4 is 11.8 Å². The van der Waals surface area contributed by atoms with Gasteiger partial charge in [-0.25, -0.2) is 0 Å². The first-order chi connectivity index (χ1) is 12.7. The number of hydrogen-bond donors (Lipinski definition) is 1. The predicted molar refractivity (Wildman–Crippen MR) is 103 cm³/mol. The highest BCUT2D eigenvalue weighted by Crippen LogP contribution is 2.35. The molecule has 6 heteroatoms. The molecule has 26 heavy (non-hydrogen) atoms. The van der Waals surface area contributed by atoms with E-state index in [4.69, 9.17) is 4.42 Å². The van der Waals surface area contributed by atoms with Crippen molar-refractivity contribution in [2.75, 3.05) is 5.75 Å². The normalized spacial score (nSPS) is 16.7. The molecule has 0 spiro atoms. The van der Waals surface area contributed by atoms with Crippen LogP contribution in [0.25, 0.3) is 17.1 Å². The Bertz CT molecular complexity index is 866. The summed E-state index contributed by atoms with van der Waals surface area (Å²) in [5, 5.41) is 20.5. The van der Waals surface area contributed by atoms with Gasteiger partial charge in [-0.05, 0) is 38.0 Å². The molecule has 5 nitrogen and oxygen atoms in total. The fraction of sp³-hybridized carbons (Fsp3) is 0.400. The van der Waals surface area contributed by atoms with E-state index in [0.717, 1.165) is 53.7 Å². The standard InChI is InChI=1S/C20H23N3O2S/c1-15-17(10-13-25-15)18-21-22-19(23(18)16-8-4-2-5-9-16)26-14-20(24)11-6-3-7-12-20/h2,4-5,8-10,13,24H,3,6-7,11-12,14H2,1H3. The van der Waals surface area contributed by atoms with Crippen LogP contribution < -0.4 is 0 Å². The van der Waals surface area contributed by atoms with E-state index in [2.05, 4.69) is 14.8 Å². The van der Waals surface area contributed by atoms with Crippen LogP contribution in [0.15, 0.2) is 52.2 Å². The second-order valence-corrected chi connectivity index (χ2v) is 7.88. The molecule has 136 valence electrons. The molecule has 0 bridgehead atoms. The zero-order valence-electron chi connectivity index (χ0n) is 14.9. The van der Waals surface area contributed by atoms with Crippen molar-refractivity contribution in [3.05, 3.63) is 48.4 Å². The highest BCUT2D eigenvalue weighted by atomic mass is 32.2. The van der Waals surface area contributed by atoms with Gasteiger partial charge >= 0.3 is 0 Å². The van der Waals surface area contributed by atoms with Crippen LogP contribution in [0.2, 0.25) is 0 Å². The number of benzene rings is 1. The number of aromatic nitrogens is 3. The number of thioether (sulfide) groups is 1. The van der Waals surface area contributed by atoms with E-state index in [1.54, 1.807) is 18.0 Å². The Balaban J connectivity index is 1.69. The highest BCUT2D eigenvalue weighted by molar-refractivity contribution is 7.99. The van der Waals surface area contributed by atoms with Crippen LogP contribution >= 0.6 is 11.8 Å². The van der Waals surface area contributed by atoms with Gasteiger partial charge in [0.1, 0.15) is 5.76 Å². The zero-order valence-corrected chi connectivity index (χ0v) is 15.7. The number of furan rings is 1. The average Bonchev–Trinajstić information content (AvgIpc) is 3.27. The Morgan fingerprint density at radius 1 is 1.12 bits per heavy atom. The summed E-state index contributed by atoms with van der Waals surface area (Å²) in [7, 11) is 0. The van der Waals surface area contributed by atoms with Crippen LogP contribution in [0.1, 0.15) is 37.9 Å². The average molecular weight is 369 g/mol. The molecular formula is C20H23N3O2S. The van der Waals surface area contributed by atoms with Gasteiger partial charge in [0.05, 0.1) is 17.4 Å². The lowest BCUT2D eigenvalue weighted by molar-refractivity contribution is 0.0272. The third kappa shape index (κ3) is 3.44. The molecule has 0 atom stereocenters. The summed E-state index contributed by atoms with van der Waals surface area (Å²) in [5.41, 5.74) is 1.35. The minimum absolute atomic E-state index is 0.595. The molecule has 2 heterocycles. The van der Waals surface area contributed by atoms with Gasteiger partial charge in [0, 0.05) is 11.4 Å². The number of hydrogen-bond acceptors (Lipinski definition) is 5. The lowest BCUT2D eigenvalue weighted by Gasteiger charge is -2.31. The summed E-state index contributed by atoms with van der Waals surface area (Å²) in [4.78, 5) is 0. The quantitative estimate of drug-likeness (QED) is 0.665. The Morgan fingerprint density at radius 3 is 2.58 bits per heavy atom. The molecule has 1 saturated carbocycles. The number of aryl methyl sites for hydroxylation is 1. The van der Waals surface area contributed by atoms with Crippen molar-refractivity contribution in [1.29, 1.82) is 0 Å². The molecule has 0 saturated heterocycles. The summed E-state index contributed by atoms with van der Waals surface area (Å²) in [6.45, 7) is 1.93. The number of nitrogens with zero attached hydrogens (tertiary/aromatic N) is 3. The smallest absolute Gasteiger partial charge is 0.196 e. The monoisotopic (exact) mass is 369 g/mol. The van der Waals surface area contributed by atoms with Gasteiger partial charge in [-0.3, -0.25) is 4.57 Å². The van der Waals surface area contributed by atoms with E-state index in [-0.39, 0.29) is 0 Å². The fourth-order valence-corrected chi connectivity index (χ4v) is 4.62. The molecule has 1 fully saturated rings. The van der Waals surface area contributed by atoms with E-state index >= 15 is 0 Å². The van der Waals surface area contributed by atoms with E-state index < -0.39 is 5.60 Å². The lowest BCUT2D eigenvalue weighted by atomic mass is 9.86. The van der Waals surface area contributed by atoms with Gasteiger partial charge in [-0.1, -0.05) is 49.2 Å². The van der Waals surface area contributed by atoms with Gasteiger partial charge in [0.2, 0.25) is 0 Å². The van der Waals surface area contributed by atoms with Crippen LogP contribution in [0, 0.1) is 6.92 Å². The minimum Gasteiger partial charge on any atom is -0.469 e. The largest absolute Gasteiger partial charge is 0.469 e. The van der Waals surface area contributed by atoms with Crippen LogP contribution in [0.4, 0.5) is 0 Å². The van der Waals surface area contributed by atoms with Crippen molar-refractivity contribution in [2.45, 2.75) is 49.8 Å². The summed E-state index contributed by atoms with van der Waals surface area (Å²) in [5.74, 6) is 2.22. The third-order valence-electron chi connectivity index (χ3n) is 5.00. The number of para-hydroxylation sites is 1. The van der Waals surface area contributed by atoms with Crippen molar-refractivity contribution < 1.29 is 9.52 Å². The molecular weight excluding hydrogens is 346 g/mol. The zero-order chi connectivity index (χ0) is 18.0. The van der Waals surface area contributed by atoms with E-state index in [9.17, 15) is 5.11 Å². The van der Waals surface area contributed by atoms with Gasteiger partial charge in [-0.2, -0.15) is 0 Å². The van der Waals surface area contributed by atoms with Gasteiger partial charge < -0.3 is 9.52 Å². The molecule has 1 aliphatic carbocycles. The lowest BCUT2D eigenvalue weighted by Crippen LogP contribution is -2.34. The van der Waals surface area contributed by atoms with Crippen molar-refractivity contribution in [3.63, 3.8) is 0 Å². The molecule has 0 radical (unpaired) electrons. The number of aliphatic hydroxyl groups is 1. The van der Waals surface area contributed by atoms with Crippen molar-refractivity contribution in [3.8, 4) is 17.1 Å². The summed E-state index contributed by atoms with van der Waals surface area (Å²) >= 11 is 1.58. The van der Waals surface area contributed by atoms with Gasteiger partial charge in [-0.15, -0.1) is 10.2 Å². The van der Waals surface area contributed by atoms with Crippen LogP contribution in [-0.2, 0) is 0 Å². The summed E-state index contributed by atoms with van der Waals surface area (Å²) in [6, 6.07) is 12.0. The summed E-state index contributed by atoms with van der Waals surface area (Å²) in [6.07, 6.45) is 6.83. The van der Waals surface area contributed by atoms with Crippen LogP contribution in [-0.4, -0.2) is 31.2 Å². The first-order valence-corrected chi connectivity index (χ1v) is 10.1. The maximum Gasteiger partial charge on any atom is 0.196 e. The fourth-order valence-electron chi connectivity index (χ4n) is 3.52. The van der Waals surface area contributed by atoms with Crippen molar-refractivity contribution in [1.82, 2.24) is 14.8 Å². The Hall–Kier alpha value is -2.05. The molecule has 1 aromatic carbocycles. The van der Waals surface area contributed by atoms with Crippen molar-refractivity contribution in [2.24, 2.45) is 0 Å². The molecule has 2 aromatic heterocycles. The maximum atomic E-state index is 10.8. The van der Waals surface area contributed by atoms with Gasteiger partial charge in [0.15, 0.2) is 11.0 Å². The van der Waals surface area contributed by atoms with E-state index in [1.165, 1.54) is 6.42 Å². The molecule has 0 aliphatic heterocycles. The highest BCUT2D eigenvalue weighted by Gasteiger charge is 2.30. The summed E-state index contributed by atoms with van der Waals surface area (Å²) < 4.78 is 7.51. The SMILES string of the molecule is Cc1occc1-c1nnc(SCC2(O)CCCCC2)n1-c1ccccc1. The maximum absolute atomic E-state index is 10.8. The first-order valence-electron chi connectivity index (χ1n) is 9.07. The molecule has 4 rings (SSSR count). The first kappa shape index (κ1) is 17.4. The third-order valence-corrected chi connectivity index (χ3v) is 6.21. The Morgan fingerprint density at radius 2 is 1.88 bits per heavy atom. The minimum atomic E-state index is -0.595. The topological polar surface area (TPSA) is 64.1 Å². The predicted octanol–water partition coefficient (Wildman–Crippen LogP) is 4.62.